The third kappa shape index (κ3) is 9.14. The number of ether oxygens (including phenoxy) is 1. The molecule has 0 aromatic carbocycles. The Kier molecular flexibility index (Phi) is 11.1. The highest BCUT2D eigenvalue weighted by Crippen LogP contribution is 2.39. The van der Waals surface area contributed by atoms with Crippen LogP contribution < -0.4 is 0 Å². The minimum Gasteiger partial charge on any atom is -0.480 e. The highest BCUT2D eigenvalue weighted by Gasteiger charge is 2.39. The number of carbonyl (C=O) groups is 1. The van der Waals surface area contributed by atoms with Gasteiger partial charge in [-0.3, -0.25) is 0 Å². The van der Waals surface area contributed by atoms with Crippen LogP contribution in [0, 0.1) is 11.8 Å². The summed E-state index contributed by atoms with van der Waals surface area (Å²) in [5, 5.41) is 37.8. The second-order valence-electron chi connectivity index (χ2n) is 6.91. The second kappa shape index (κ2) is 12.5. The zero-order valence-corrected chi connectivity index (χ0v) is 16.0. The maximum Gasteiger partial charge on any atom is 0.329 e. The predicted octanol–water partition coefficient (Wildman–Crippen LogP) is 2.11. The first kappa shape index (κ1) is 23.1. The van der Waals surface area contributed by atoms with Crippen molar-refractivity contribution in [2.24, 2.45) is 11.8 Å². The van der Waals surface area contributed by atoms with Crippen LogP contribution in [-0.2, 0) is 9.53 Å². The third-order valence-electron chi connectivity index (χ3n) is 4.56. The van der Waals surface area contributed by atoms with E-state index in [-0.39, 0.29) is 36.5 Å². The van der Waals surface area contributed by atoms with Crippen molar-refractivity contribution in [1.29, 1.82) is 0 Å². The van der Waals surface area contributed by atoms with E-state index in [4.69, 9.17) is 21.4 Å². The molecule has 4 N–H and O–H groups in total. The van der Waals surface area contributed by atoms with Crippen molar-refractivity contribution in [3.05, 3.63) is 24.3 Å². The number of aliphatic carboxylic acids is 1. The van der Waals surface area contributed by atoms with E-state index in [2.05, 4.69) is 0 Å². The van der Waals surface area contributed by atoms with E-state index < -0.39 is 18.2 Å². The Balaban J connectivity index is 2.46. The lowest BCUT2D eigenvalue weighted by molar-refractivity contribution is -0.141. The fraction of sp³-hybridized carbons (Fsp3) is 0.737. The molecule has 1 aliphatic carbocycles. The number of halogens is 1. The molecule has 0 radical (unpaired) electrons. The highest BCUT2D eigenvalue weighted by atomic mass is 35.5. The van der Waals surface area contributed by atoms with Gasteiger partial charge in [-0.25, -0.2) is 4.79 Å². The third-order valence-corrected chi connectivity index (χ3v) is 5.06. The van der Waals surface area contributed by atoms with Gasteiger partial charge in [-0.05, 0) is 44.9 Å². The van der Waals surface area contributed by atoms with Crippen molar-refractivity contribution < 1.29 is 30.0 Å². The van der Waals surface area contributed by atoms with Crippen LogP contribution in [0.25, 0.3) is 0 Å². The Labute approximate surface area is 160 Å². The van der Waals surface area contributed by atoms with E-state index in [1.807, 2.05) is 12.2 Å². The van der Waals surface area contributed by atoms with Gasteiger partial charge in [0, 0.05) is 11.3 Å². The predicted molar refractivity (Wildman–Crippen MR) is 100 cm³/mol. The Hall–Kier alpha value is -0.920. The Bertz CT molecular complexity index is 465. The smallest absolute Gasteiger partial charge is 0.329 e. The average Bonchev–Trinajstić information content (AvgIpc) is 2.81. The van der Waals surface area contributed by atoms with Gasteiger partial charge >= 0.3 is 5.97 Å². The van der Waals surface area contributed by atoms with Gasteiger partial charge in [0.15, 0.2) is 0 Å². The van der Waals surface area contributed by atoms with Crippen LogP contribution in [0.5, 0.6) is 0 Å². The molecule has 0 bridgehead atoms. The number of aliphatic hydroxyl groups is 3. The summed E-state index contributed by atoms with van der Waals surface area (Å²) in [5.74, 6) is -1.09. The molecule has 6 atom stereocenters. The van der Waals surface area contributed by atoms with E-state index in [9.17, 15) is 20.1 Å². The molecule has 7 heteroatoms. The Morgan fingerprint density at radius 2 is 2.04 bits per heavy atom. The molecule has 0 aromatic rings. The van der Waals surface area contributed by atoms with Gasteiger partial charge in [-0.2, -0.15) is 0 Å². The number of rotatable bonds is 12. The number of hydrogen-bond donors (Lipinski definition) is 4. The molecule has 26 heavy (non-hydrogen) atoms. The van der Waals surface area contributed by atoms with Crippen LogP contribution in [-0.4, -0.2) is 63.3 Å². The van der Waals surface area contributed by atoms with Crippen molar-refractivity contribution in [1.82, 2.24) is 0 Å². The van der Waals surface area contributed by atoms with Crippen LogP contribution in [0.3, 0.4) is 0 Å². The highest BCUT2D eigenvalue weighted by molar-refractivity contribution is 6.21. The fourth-order valence-corrected chi connectivity index (χ4v) is 3.63. The van der Waals surface area contributed by atoms with E-state index in [1.165, 1.54) is 0 Å². The van der Waals surface area contributed by atoms with Crippen molar-refractivity contribution in [3.63, 3.8) is 0 Å². The van der Waals surface area contributed by atoms with Gasteiger partial charge in [-0.15, -0.1) is 11.6 Å². The summed E-state index contributed by atoms with van der Waals surface area (Å²) >= 11 is 6.36. The largest absolute Gasteiger partial charge is 0.480 e. The molecular weight excluding hydrogens is 360 g/mol. The van der Waals surface area contributed by atoms with Crippen molar-refractivity contribution in [3.8, 4) is 0 Å². The Morgan fingerprint density at radius 3 is 2.69 bits per heavy atom. The van der Waals surface area contributed by atoms with E-state index in [0.29, 0.717) is 25.7 Å². The van der Waals surface area contributed by atoms with E-state index in [0.717, 1.165) is 6.42 Å². The molecule has 1 rings (SSSR count). The molecule has 6 nitrogen and oxygen atoms in total. The van der Waals surface area contributed by atoms with Crippen LogP contribution in [0.1, 0.15) is 39.0 Å². The summed E-state index contributed by atoms with van der Waals surface area (Å²) in [7, 11) is 0. The summed E-state index contributed by atoms with van der Waals surface area (Å²) < 4.78 is 4.93. The van der Waals surface area contributed by atoms with Gasteiger partial charge < -0.3 is 25.2 Å². The van der Waals surface area contributed by atoms with Crippen LogP contribution in [0.2, 0.25) is 0 Å². The molecule has 0 unspecified atom stereocenters. The van der Waals surface area contributed by atoms with Crippen molar-refractivity contribution in [2.45, 2.75) is 62.7 Å². The molecule has 0 saturated heterocycles. The summed E-state index contributed by atoms with van der Waals surface area (Å²) in [6.07, 6.45) is 8.79. The van der Waals surface area contributed by atoms with Gasteiger partial charge in [0.05, 0.1) is 24.9 Å². The number of carboxylic acid groups (broad SMARTS) is 1. The van der Waals surface area contributed by atoms with Gasteiger partial charge in [0.1, 0.15) is 6.61 Å². The average molecular weight is 391 g/mol. The number of alkyl halides is 1. The molecule has 0 aliphatic heterocycles. The minimum absolute atomic E-state index is 0.0447. The molecule has 0 aromatic heterocycles. The molecule has 0 amide bonds. The van der Waals surface area contributed by atoms with Crippen molar-refractivity contribution >= 4 is 17.6 Å². The lowest BCUT2D eigenvalue weighted by atomic mass is 9.90. The molecule has 0 heterocycles. The number of hydrogen-bond acceptors (Lipinski definition) is 5. The molecule has 0 spiro atoms. The fourth-order valence-electron chi connectivity index (χ4n) is 3.18. The number of aliphatic hydroxyl groups excluding tert-OH is 3. The van der Waals surface area contributed by atoms with E-state index >= 15 is 0 Å². The zero-order valence-electron chi connectivity index (χ0n) is 15.2. The quantitative estimate of drug-likeness (QED) is 0.231. The van der Waals surface area contributed by atoms with Crippen LogP contribution >= 0.6 is 11.6 Å². The summed E-state index contributed by atoms with van der Waals surface area (Å²) in [4.78, 5) is 10.4. The zero-order chi connectivity index (χ0) is 19.5. The minimum atomic E-state index is -1.00. The molecule has 150 valence electrons. The molecular formula is C19H31ClO6. The topological polar surface area (TPSA) is 107 Å². The molecule has 1 fully saturated rings. The molecule has 1 saturated carbocycles. The standard InChI is InChI=1S/C19H31ClO6/c1-13(21)5-4-6-14(22)8-9-16-15(17(20)11-18(16)23)7-2-3-10-26-12-19(24)25/h2-3,8-9,13-18,21-23H,4-7,10-12H2,1H3,(H,24,25)/t13-,14+,15-,16-,17-,18-/m1/s1. The second-order valence-corrected chi connectivity index (χ2v) is 7.47. The first-order chi connectivity index (χ1) is 12.3. The van der Waals surface area contributed by atoms with Gasteiger partial charge in [-0.1, -0.05) is 24.3 Å². The van der Waals surface area contributed by atoms with Gasteiger partial charge in [0.2, 0.25) is 0 Å². The summed E-state index contributed by atoms with van der Waals surface area (Å²) in [6.45, 7) is 1.61. The van der Waals surface area contributed by atoms with Crippen LogP contribution in [0.4, 0.5) is 0 Å². The summed E-state index contributed by atoms with van der Waals surface area (Å²) in [5.41, 5.74) is 0. The maximum absolute atomic E-state index is 10.4. The van der Waals surface area contributed by atoms with Crippen molar-refractivity contribution in [2.75, 3.05) is 13.2 Å². The summed E-state index contributed by atoms with van der Waals surface area (Å²) in [6, 6.07) is 0. The number of allylic oxidation sites excluding steroid dienone is 1. The maximum atomic E-state index is 10.4. The lowest BCUT2D eigenvalue weighted by Crippen LogP contribution is -2.19. The SMILES string of the molecule is C[C@@H](O)CCC[C@H](O)C=C[C@@H]1[C@@H](CC=CCOCC(=O)O)[C@H](Cl)C[C@H]1O. The first-order valence-electron chi connectivity index (χ1n) is 9.12. The van der Waals surface area contributed by atoms with Gasteiger partial charge in [0.25, 0.3) is 0 Å². The lowest BCUT2D eigenvalue weighted by Gasteiger charge is -2.19. The normalized spacial score (nSPS) is 28.8. The Morgan fingerprint density at radius 1 is 1.31 bits per heavy atom. The first-order valence-corrected chi connectivity index (χ1v) is 9.56. The van der Waals surface area contributed by atoms with E-state index in [1.54, 1.807) is 19.1 Å². The number of carboxylic acids is 1. The van der Waals surface area contributed by atoms with Crippen LogP contribution in [0.15, 0.2) is 24.3 Å². The molecule has 1 aliphatic rings. The monoisotopic (exact) mass is 390 g/mol.